The van der Waals surface area contributed by atoms with Gasteiger partial charge in [-0.2, -0.15) is 5.10 Å². The lowest BCUT2D eigenvalue weighted by molar-refractivity contribution is 0.545. The van der Waals surface area contributed by atoms with Gasteiger partial charge in [0.15, 0.2) is 5.76 Å². The van der Waals surface area contributed by atoms with Crippen molar-refractivity contribution in [3.63, 3.8) is 0 Å². The number of furan rings is 1. The highest BCUT2D eigenvalue weighted by Gasteiger charge is 2.11. The second kappa shape index (κ2) is 5.61. The summed E-state index contributed by atoms with van der Waals surface area (Å²) in [5, 5.41) is 10.2. The van der Waals surface area contributed by atoms with E-state index in [1.807, 2.05) is 19.1 Å². The molecule has 0 radical (unpaired) electrons. The van der Waals surface area contributed by atoms with Crippen molar-refractivity contribution < 1.29 is 8.81 Å². The second-order valence-electron chi connectivity index (χ2n) is 4.66. The molecule has 4 nitrogen and oxygen atoms in total. The molecule has 0 spiro atoms. The molecular formula is C15H13ClFN3O. The van der Waals surface area contributed by atoms with E-state index >= 15 is 0 Å². The first-order valence-electron chi connectivity index (χ1n) is 6.41. The van der Waals surface area contributed by atoms with Crippen LogP contribution in [-0.4, -0.2) is 10.2 Å². The topological polar surface area (TPSA) is 53.9 Å². The summed E-state index contributed by atoms with van der Waals surface area (Å²) in [6, 6.07) is 8.30. The number of aromatic amines is 1. The number of hydrogen-bond acceptors (Lipinski definition) is 3. The van der Waals surface area contributed by atoms with Crippen LogP contribution in [0, 0.1) is 12.7 Å². The number of aryl methyl sites for hydroxylation is 1. The van der Waals surface area contributed by atoms with Crippen LogP contribution in [0.15, 0.2) is 40.9 Å². The maximum absolute atomic E-state index is 13.1. The Morgan fingerprint density at radius 2 is 2.19 bits per heavy atom. The molecule has 0 bridgehead atoms. The van der Waals surface area contributed by atoms with Crippen LogP contribution in [0.25, 0.3) is 11.5 Å². The minimum Gasteiger partial charge on any atom is -0.460 e. The molecule has 0 aliphatic heterocycles. The van der Waals surface area contributed by atoms with Crippen LogP contribution in [0.3, 0.4) is 0 Å². The molecule has 0 aliphatic rings. The Kier molecular flexibility index (Phi) is 3.66. The minimum absolute atomic E-state index is 0.0917. The van der Waals surface area contributed by atoms with Gasteiger partial charge in [-0.3, -0.25) is 5.10 Å². The molecule has 21 heavy (non-hydrogen) atoms. The van der Waals surface area contributed by atoms with Crippen LogP contribution < -0.4 is 5.32 Å². The average Bonchev–Trinajstić information content (AvgIpc) is 3.08. The Balaban J connectivity index is 1.77. The van der Waals surface area contributed by atoms with E-state index in [1.165, 1.54) is 6.07 Å². The van der Waals surface area contributed by atoms with E-state index in [0.717, 1.165) is 28.5 Å². The van der Waals surface area contributed by atoms with Crippen LogP contribution in [0.1, 0.15) is 11.3 Å². The van der Waals surface area contributed by atoms with Crippen molar-refractivity contribution in [2.75, 3.05) is 5.32 Å². The third-order valence-corrected chi connectivity index (χ3v) is 3.40. The lowest BCUT2D eigenvalue weighted by Crippen LogP contribution is -2.00. The monoisotopic (exact) mass is 305 g/mol. The molecule has 0 fully saturated rings. The molecule has 3 rings (SSSR count). The van der Waals surface area contributed by atoms with Crippen molar-refractivity contribution in [2.45, 2.75) is 13.5 Å². The number of aromatic nitrogens is 2. The summed E-state index contributed by atoms with van der Waals surface area (Å²) >= 11 is 5.76. The van der Waals surface area contributed by atoms with E-state index in [-0.39, 0.29) is 5.02 Å². The van der Waals surface area contributed by atoms with Gasteiger partial charge in [0.05, 0.1) is 11.2 Å². The van der Waals surface area contributed by atoms with Crippen molar-refractivity contribution in [2.24, 2.45) is 0 Å². The van der Waals surface area contributed by atoms with Gasteiger partial charge in [-0.25, -0.2) is 4.39 Å². The maximum Gasteiger partial charge on any atom is 0.152 e. The van der Waals surface area contributed by atoms with E-state index < -0.39 is 5.82 Å². The molecule has 2 aromatic heterocycles. The van der Waals surface area contributed by atoms with E-state index in [4.69, 9.17) is 16.0 Å². The van der Waals surface area contributed by atoms with Crippen LogP contribution >= 0.6 is 11.6 Å². The van der Waals surface area contributed by atoms with Gasteiger partial charge in [0.25, 0.3) is 0 Å². The number of nitrogens with zero attached hydrogens (tertiary/aromatic N) is 1. The zero-order valence-electron chi connectivity index (χ0n) is 11.3. The molecule has 108 valence electrons. The highest BCUT2D eigenvalue weighted by atomic mass is 35.5. The van der Waals surface area contributed by atoms with Crippen LogP contribution in [0.4, 0.5) is 10.1 Å². The van der Waals surface area contributed by atoms with E-state index in [2.05, 4.69) is 15.5 Å². The van der Waals surface area contributed by atoms with E-state index in [9.17, 15) is 4.39 Å². The van der Waals surface area contributed by atoms with Crippen LogP contribution in [0.2, 0.25) is 5.02 Å². The number of hydrogen-bond donors (Lipinski definition) is 2. The maximum atomic E-state index is 13.1. The Bertz CT molecular complexity index is 766. The van der Waals surface area contributed by atoms with Gasteiger partial charge in [0, 0.05) is 17.8 Å². The summed E-state index contributed by atoms with van der Waals surface area (Å²) in [5.74, 6) is 1.14. The quantitative estimate of drug-likeness (QED) is 0.752. The van der Waals surface area contributed by atoms with Gasteiger partial charge < -0.3 is 9.73 Å². The Morgan fingerprint density at radius 1 is 1.33 bits per heavy atom. The van der Waals surface area contributed by atoms with Crippen molar-refractivity contribution in [3.05, 3.63) is 58.7 Å². The number of benzene rings is 1. The molecule has 1 aromatic carbocycles. The average molecular weight is 306 g/mol. The molecular weight excluding hydrogens is 293 g/mol. The summed E-state index contributed by atoms with van der Waals surface area (Å²) in [6.07, 6.45) is 1.73. The van der Waals surface area contributed by atoms with Crippen molar-refractivity contribution in [1.82, 2.24) is 10.2 Å². The number of H-pyrrole nitrogens is 1. The molecule has 0 saturated carbocycles. The first-order valence-corrected chi connectivity index (χ1v) is 6.79. The molecule has 0 aliphatic carbocycles. The highest BCUT2D eigenvalue weighted by molar-refractivity contribution is 6.31. The molecule has 2 heterocycles. The van der Waals surface area contributed by atoms with Gasteiger partial charge in [-0.15, -0.1) is 0 Å². The predicted molar refractivity (Wildman–Crippen MR) is 79.8 cm³/mol. The molecule has 2 N–H and O–H groups in total. The van der Waals surface area contributed by atoms with Gasteiger partial charge in [-0.05, 0) is 37.3 Å². The largest absolute Gasteiger partial charge is 0.460 e. The van der Waals surface area contributed by atoms with Gasteiger partial charge in [0.2, 0.25) is 0 Å². The predicted octanol–water partition coefficient (Wildman–Crippen LogP) is 4.38. The Labute approximate surface area is 125 Å². The third kappa shape index (κ3) is 2.92. The van der Waals surface area contributed by atoms with Crippen LogP contribution in [-0.2, 0) is 6.54 Å². The Morgan fingerprint density at radius 3 is 2.90 bits per heavy atom. The van der Waals surface area contributed by atoms with Gasteiger partial charge in [0.1, 0.15) is 17.3 Å². The standard InChI is InChI=1S/C15H13ClFN3O/c1-9-2-5-14(21-9)15-10(8-19-20-15)7-18-11-3-4-13(17)12(16)6-11/h2-6,8,18H,7H2,1H3,(H,19,20). The number of rotatable bonds is 4. The Hall–Kier alpha value is -2.27. The van der Waals surface area contributed by atoms with Crippen molar-refractivity contribution in [1.29, 1.82) is 0 Å². The van der Waals surface area contributed by atoms with E-state index in [1.54, 1.807) is 18.3 Å². The zero-order valence-corrected chi connectivity index (χ0v) is 12.0. The number of nitrogens with one attached hydrogen (secondary N) is 2. The van der Waals surface area contributed by atoms with Crippen molar-refractivity contribution in [3.8, 4) is 11.5 Å². The molecule has 0 saturated heterocycles. The summed E-state index contributed by atoms with van der Waals surface area (Å²) in [5.41, 5.74) is 2.51. The summed E-state index contributed by atoms with van der Waals surface area (Å²) in [6.45, 7) is 2.41. The SMILES string of the molecule is Cc1ccc(-c2[nH]ncc2CNc2ccc(F)c(Cl)c2)o1. The fourth-order valence-electron chi connectivity index (χ4n) is 2.03. The molecule has 6 heteroatoms. The van der Waals surface area contributed by atoms with Gasteiger partial charge in [-0.1, -0.05) is 11.6 Å². The first kappa shape index (κ1) is 13.7. The lowest BCUT2D eigenvalue weighted by atomic mass is 10.2. The molecule has 0 amide bonds. The number of halogens is 2. The number of anilines is 1. The normalized spacial score (nSPS) is 10.8. The molecule has 3 aromatic rings. The molecule has 0 unspecified atom stereocenters. The summed E-state index contributed by atoms with van der Waals surface area (Å²) in [4.78, 5) is 0. The second-order valence-corrected chi connectivity index (χ2v) is 5.07. The minimum atomic E-state index is -0.433. The lowest BCUT2D eigenvalue weighted by Gasteiger charge is -2.07. The fraction of sp³-hybridized carbons (Fsp3) is 0.133. The zero-order chi connectivity index (χ0) is 14.8. The van der Waals surface area contributed by atoms with E-state index in [0.29, 0.717) is 6.54 Å². The smallest absolute Gasteiger partial charge is 0.152 e. The van der Waals surface area contributed by atoms with Gasteiger partial charge >= 0.3 is 0 Å². The van der Waals surface area contributed by atoms with Crippen molar-refractivity contribution >= 4 is 17.3 Å². The highest BCUT2D eigenvalue weighted by Crippen LogP contribution is 2.25. The first-order chi connectivity index (χ1) is 10.1. The van der Waals surface area contributed by atoms with Crippen LogP contribution in [0.5, 0.6) is 0 Å². The summed E-state index contributed by atoms with van der Waals surface area (Å²) in [7, 11) is 0. The third-order valence-electron chi connectivity index (χ3n) is 3.11. The fourth-order valence-corrected chi connectivity index (χ4v) is 2.21. The summed E-state index contributed by atoms with van der Waals surface area (Å²) < 4.78 is 18.7. The molecule has 0 atom stereocenters.